The minimum Gasteiger partial charge on any atom is -0.455 e. The first-order chi connectivity index (χ1) is 25.3. The standard InChI is InChI=1S/C48H30N2O/c1-2-14-31(15-3-1)33-16-4-5-17-34(33)38-21-12-22-39-47-45(26-13-27-46(47)51-48(38)39)50-43-25-11-8-20-37(43)40-30-32(28-29-44(40)50)49-41-23-9-6-18-35(41)36-19-7-10-24-42(36)49/h1-30H. The molecule has 3 heterocycles. The summed E-state index contributed by atoms with van der Waals surface area (Å²) in [7, 11) is 0. The van der Waals surface area contributed by atoms with Gasteiger partial charge in [0.1, 0.15) is 11.2 Å². The first-order valence-corrected chi connectivity index (χ1v) is 17.4. The summed E-state index contributed by atoms with van der Waals surface area (Å²) in [5, 5.41) is 7.18. The van der Waals surface area contributed by atoms with Gasteiger partial charge in [0, 0.05) is 38.2 Å². The zero-order valence-corrected chi connectivity index (χ0v) is 27.6. The summed E-state index contributed by atoms with van der Waals surface area (Å²) >= 11 is 0. The van der Waals surface area contributed by atoms with Gasteiger partial charge in [-0.1, -0.05) is 133 Å². The predicted molar refractivity (Wildman–Crippen MR) is 213 cm³/mol. The molecule has 0 saturated carbocycles. The van der Waals surface area contributed by atoms with Gasteiger partial charge in [0.2, 0.25) is 0 Å². The Labute approximate surface area is 293 Å². The van der Waals surface area contributed by atoms with Crippen LogP contribution in [0.2, 0.25) is 0 Å². The van der Waals surface area contributed by atoms with Crippen molar-refractivity contribution < 1.29 is 4.42 Å². The molecule has 0 aliphatic heterocycles. The summed E-state index contributed by atoms with van der Waals surface area (Å²) in [5.74, 6) is 0. The maximum absolute atomic E-state index is 6.82. The maximum Gasteiger partial charge on any atom is 0.143 e. The van der Waals surface area contributed by atoms with E-state index in [9.17, 15) is 0 Å². The number of furan rings is 1. The van der Waals surface area contributed by atoms with E-state index >= 15 is 0 Å². The predicted octanol–water partition coefficient (Wildman–Crippen LogP) is 13.1. The van der Waals surface area contributed by atoms with Gasteiger partial charge in [-0.2, -0.15) is 0 Å². The molecule has 0 unspecified atom stereocenters. The SMILES string of the molecule is c1ccc(-c2ccccc2-c2cccc3c2oc2cccc(-n4c5ccccc5c5cc(-n6c7ccccc7c7ccccc76)ccc54)c23)cc1. The molecule has 0 spiro atoms. The van der Waals surface area contributed by atoms with E-state index < -0.39 is 0 Å². The van der Waals surface area contributed by atoms with Crippen molar-refractivity contribution in [3.8, 4) is 33.6 Å². The van der Waals surface area contributed by atoms with Gasteiger partial charge < -0.3 is 13.6 Å². The summed E-state index contributed by atoms with van der Waals surface area (Å²) in [6.45, 7) is 0. The van der Waals surface area contributed by atoms with Crippen LogP contribution in [0.5, 0.6) is 0 Å². The molecule has 238 valence electrons. The van der Waals surface area contributed by atoms with E-state index in [0.29, 0.717) is 0 Å². The molecule has 0 fully saturated rings. The third-order valence-electron chi connectivity index (χ3n) is 10.5. The van der Waals surface area contributed by atoms with Crippen molar-refractivity contribution in [1.29, 1.82) is 0 Å². The van der Waals surface area contributed by atoms with Gasteiger partial charge in [-0.25, -0.2) is 0 Å². The molecular weight excluding hydrogens is 621 g/mol. The number of para-hydroxylation sites is 4. The van der Waals surface area contributed by atoms with Crippen molar-refractivity contribution in [2.45, 2.75) is 0 Å². The Morgan fingerprint density at radius 1 is 0.353 bits per heavy atom. The Hall–Kier alpha value is -6.84. The Bertz CT molecular complexity index is 3090. The largest absolute Gasteiger partial charge is 0.455 e. The second-order valence-corrected chi connectivity index (χ2v) is 13.3. The molecule has 11 rings (SSSR count). The van der Waals surface area contributed by atoms with Crippen molar-refractivity contribution in [2.24, 2.45) is 0 Å². The molecule has 11 aromatic rings. The van der Waals surface area contributed by atoms with Crippen molar-refractivity contribution in [2.75, 3.05) is 0 Å². The van der Waals surface area contributed by atoms with Gasteiger partial charge in [-0.15, -0.1) is 0 Å². The van der Waals surface area contributed by atoms with Crippen molar-refractivity contribution in [3.05, 3.63) is 182 Å². The zero-order chi connectivity index (χ0) is 33.5. The minimum absolute atomic E-state index is 0.875. The van der Waals surface area contributed by atoms with Crippen LogP contribution in [0.4, 0.5) is 0 Å². The first-order valence-electron chi connectivity index (χ1n) is 17.4. The normalized spacial score (nSPS) is 11.9. The van der Waals surface area contributed by atoms with E-state index in [1.807, 2.05) is 0 Å². The lowest BCUT2D eigenvalue weighted by Gasteiger charge is -2.12. The Kier molecular flexibility index (Phi) is 5.96. The highest BCUT2D eigenvalue weighted by atomic mass is 16.3. The van der Waals surface area contributed by atoms with Gasteiger partial charge in [0.25, 0.3) is 0 Å². The number of hydrogen-bond donors (Lipinski definition) is 0. The smallest absolute Gasteiger partial charge is 0.143 e. The van der Waals surface area contributed by atoms with Crippen LogP contribution in [0.1, 0.15) is 0 Å². The van der Waals surface area contributed by atoms with E-state index in [1.54, 1.807) is 0 Å². The molecule has 0 amide bonds. The van der Waals surface area contributed by atoms with Gasteiger partial charge >= 0.3 is 0 Å². The van der Waals surface area contributed by atoms with E-state index in [2.05, 4.69) is 191 Å². The lowest BCUT2D eigenvalue weighted by Crippen LogP contribution is -1.96. The molecular formula is C48H30N2O. The van der Waals surface area contributed by atoms with Crippen molar-refractivity contribution >= 4 is 65.6 Å². The lowest BCUT2D eigenvalue weighted by molar-refractivity contribution is 0.670. The van der Waals surface area contributed by atoms with Crippen LogP contribution in [0.15, 0.2) is 186 Å². The summed E-state index contributed by atoms with van der Waals surface area (Å²) in [6, 6.07) is 65.3. The van der Waals surface area contributed by atoms with Gasteiger partial charge in [-0.05, 0) is 65.2 Å². The Balaban J connectivity index is 1.16. The number of fused-ring (bicyclic) bond motifs is 9. The molecule has 0 atom stereocenters. The first kappa shape index (κ1) is 28.0. The molecule has 3 heteroatoms. The summed E-state index contributed by atoms with van der Waals surface area (Å²) in [6.07, 6.45) is 0. The Morgan fingerprint density at radius 3 is 1.65 bits per heavy atom. The second-order valence-electron chi connectivity index (χ2n) is 13.3. The van der Waals surface area contributed by atoms with E-state index in [1.165, 1.54) is 49.2 Å². The van der Waals surface area contributed by atoms with Crippen LogP contribution >= 0.6 is 0 Å². The van der Waals surface area contributed by atoms with E-state index in [4.69, 9.17) is 4.42 Å². The molecule has 51 heavy (non-hydrogen) atoms. The van der Waals surface area contributed by atoms with E-state index in [0.717, 1.165) is 50.0 Å². The highest BCUT2D eigenvalue weighted by Gasteiger charge is 2.21. The summed E-state index contributed by atoms with van der Waals surface area (Å²) in [5.41, 5.74) is 13.4. The minimum atomic E-state index is 0.875. The van der Waals surface area contributed by atoms with Crippen LogP contribution in [0, 0.1) is 0 Å². The average molecular weight is 651 g/mol. The number of aromatic nitrogens is 2. The number of benzene rings is 8. The quantitative estimate of drug-likeness (QED) is 0.186. The molecule has 0 saturated heterocycles. The van der Waals surface area contributed by atoms with Crippen LogP contribution < -0.4 is 0 Å². The molecule has 3 aromatic heterocycles. The number of hydrogen-bond acceptors (Lipinski definition) is 1. The van der Waals surface area contributed by atoms with Gasteiger partial charge in [-0.3, -0.25) is 0 Å². The fourth-order valence-corrected chi connectivity index (χ4v) is 8.38. The molecule has 8 aromatic carbocycles. The summed E-state index contributed by atoms with van der Waals surface area (Å²) in [4.78, 5) is 0. The molecule has 0 radical (unpaired) electrons. The Morgan fingerprint density at radius 2 is 0.902 bits per heavy atom. The lowest BCUT2D eigenvalue weighted by atomic mass is 9.93. The van der Waals surface area contributed by atoms with Crippen LogP contribution in [0.25, 0.3) is 99.2 Å². The maximum atomic E-state index is 6.82. The summed E-state index contributed by atoms with van der Waals surface area (Å²) < 4.78 is 11.6. The topological polar surface area (TPSA) is 23.0 Å². The van der Waals surface area contributed by atoms with E-state index in [-0.39, 0.29) is 0 Å². The van der Waals surface area contributed by atoms with Crippen molar-refractivity contribution in [1.82, 2.24) is 9.13 Å². The van der Waals surface area contributed by atoms with Crippen LogP contribution in [-0.2, 0) is 0 Å². The fraction of sp³-hybridized carbons (Fsp3) is 0. The molecule has 0 aliphatic rings. The van der Waals surface area contributed by atoms with Gasteiger partial charge in [0.15, 0.2) is 0 Å². The number of rotatable bonds is 4. The molecule has 0 aliphatic carbocycles. The second kappa shape index (κ2) is 10.8. The zero-order valence-electron chi connectivity index (χ0n) is 27.6. The molecule has 0 bridgehead atoms. The molecule has 0 N–H and O–H groups in total. The number of nitrogens with zero attached hydrogens (tertiary/aromatic N) is 2. The highest BCUT2D eigenvalue weighted by molar-refractivity contribution is 6.17. The van der Waals surface area contributed by atoms with Crippen LogP contribution in [-0.4, -0.2) is 9.13 Å². The third-order valence-corrected chi connectivity index (χ3v) is 10.5. The average Bonchev–Trinajstić information content (AvgIpc) is 3.86. The van der Waals surface area contributed by atoms with Crippen LogP contribution in [0.3, 0.4) is 0 Å². The monoisotopic (exact) mass is 650 g/mol. The third kappa shape index (κ3) is 4.06. The highest BCUT2D eigenvalue weighted by Crippen LogP contribution is 2.43. The van der Waals surface area contributed by atoms with Crippen molar-refractivity contribution in [3.63, 3.8) is 0 Å². The van der Waals surface area contributed by atoms with Gasteiger partial charge in [0.05, 0.1) is 33.1 Å². The molecule has 3 nitrogen and oxygen atoms in total. The fourth-order valence-electron chi connectivity index (χ4n) is 8.38.